The summed E-state index contributed by atoms with van der Waals surface area (Å²) in [6, 6.07) is 6.43. The minimum atomic E-state index is 0.238. The Labute approximate surface area is 108 Å². The maximum absolute atomic E-state index is 5.20. The lowest BCUT2D eigenvalue weighted by atomic mass is 10.1. The van der Waals surface area contributed by atoms with Gasteiger partial charge in [0, 0.05) is 16.1 Å². The SMILES string of the molecule is CCNC(COC)c1ccc(Br)cc1Br. The number of hydrogen-bond acceptors (Lipinski definition) is 2. The largest absolute Gasteiger partial charge is 0.383 e. The zero-order valence-electron chi connectivity index (χ0n) is 8.89. The Morgan fingerprint density at radius 3 is 2.67 bits per heavy atom. The van der Waals surface area contributed by atoms with Crippen LogP contribution in [-0.2, 0) is 4.74 Å². The molecule has 0 saturated carbocycles. The van der Waals surface area contributed by atoms with Crippen molar-refractivity contribution < 1.29 is 4.74 Å². The summed E-state index contributed by atoms with van der Waals surface area (Å²) in [5.74, 6) is 0. The molecule has 0 fully saturated rings. The van der Waals surface area contributed by atoms with E-state index in [1.54, 1.807) is 7.11 Å². The summed E-state index contributed by atoms with van der Waals surface area (Å²) < 4.78 is 7.37. The molecule has 0 aliphatic heterocycles. The van der Waals surface area contributed by atoms with Gasteiger partial charge in [0.1, 0.15) is 0 Å². The molecule has 1 N–H and O–H groups in total. The average Bonchev–Trinajstić information content (AvgIpc) is 2.17. The van der Waals surface area contributed by atoms with Gasteiger partial charge in [-0.3, -0.25) is 0 Å². The minimum Gasteiger partial charge on any atom is -0.383 e. The number of ether oxygens (including phenoxy) is 1. The molecule has 84 valence electrons. The van der Waals surface area contributed by atoms with Gasteiger partial charge >= 0.3 is 0 Å². The van der Waals surface area contributed by atoms with Crippen LogP contribution in [0.4, 0.5) is 0 Å². The fourth-order valence-corrected chi connectivity index (χ4v) is 2.78. The molecule has 0 aromatic heterocycles. The van der Waals surface area contributed by atoms with Crippen LogP contribution in [0.1, 0.15) is 18.5 Å². The first-order valence-corrected chi connectivity index (χ1v) is 6.45. The molecule has 1 atom stereocenters. The molecule has 1 aromatic carbocycles. The van der Waals surface area contributed by atoms with Crippen molar-refractivity contribution in [1.82, 2.24) is 5.32 Å². The molecule has 0 amide bonds. The van der Waals surface area contributed by atoms with E-state index in [1.165, 1.54) is 5.56 Å². The molecule has 1 unspecified atom stereocenters. The van der Waals surface area contributed by atoms with E-state index in [0.717, 1.165) is 15.5 Å². The van der Waals surface area contributed by atoms with Gasteiger partial charge in [-0.15, -0.1) is 0 Å². The van der Waals surface area contributed by atoms with Gasteiger partial charge in [-0.25, -0.2) is 0 Å². The van der Waals surface area contributed by atoms with Crippen LogP contribution < -0.4 is 5.32 Å². The average molecular weight is 337 g/mol. The molecule has 15 heavy (non-hydrogen) atoms. The van der Waals surface area contributed by atoms with Crippen molar-refractivity contribution in [1.29, 1.82) is 0 Å². The van der Waals surface area contributed by atoms with Crippen LogP contribution in [0.3, 0.4) is 0 Å². The lowest BCUT2D eigenvalue weighted by molar-refractivity contribution is 0.167. The van der Waals surface area contributed by atoms with E-state index in [9.17, 15) is 0 Å². The van der Waals surface area contributed by atoms with Crippen molar-refractivity contribution in [3.05, 3.63) is 32.7 Å². The van der Waals surface area contributed by atoms with Gasteiger partial charge in [-0.1, -0.05) is 44.8 Å². The van der Waals surface area contributed by atoms with E-state index in [-0.39, 0.29) is 6.04 Å². The van der Waals surface area contributed by atoms with E-state index in [0.29, 0.717) is 6.61 Å². The third-order valence-electron chi connectivity index (χ3n) is 2.12. The Bertz CT molecular complexity index is 311. The highest BCUT2D eigenvalue weighted by molar-refractivity contribution is 9.11. The maximum Gasteiger partial charge on any atom is 0.0658 e. The molecule has 0 bridgehead atoms. The predicted octanol–water partition coefficient (Wildman–Crippen LogP) is 3.51. The van der Waals surface area contributed by atoms with Crippen LogP contribution in [0.15, 0.2) is 27.1 Å². The highest BCUT2D eigenvalue weighted by atomic mass is 79.9. The number of halogens is 2. The first-order valence-electron chi connectivity index (χ1n) is 4.86. The summed E-state index contributed by atoms with van der Waals surface area (Å²) >= 11 is 7.00. The molecule has 0 radical (unpaired) electrons. The molecule has 0 saturated heterocycles. The fraction of sp³-hybridized carbons (Fsp3) is 0.455. The van der Waals surface area contributed by atoms with Crippen molar-refractivity contribution in [2.75, 3.05) is 20.3 Å². The van der Waals surface area contributed by atoms with Gasteiger partial charge in [0.25, 0.3) is 0 Å². The molecular weight excluding hydrogens is 322 g/mol. The predicted molar refractivity (Wildman–Crippen MR) is 70.1 cm³/mol. The summed E-state index contributed by atoms with van der Waals surface area (Å²) in [5.41, 5.74) is 1.22. The monoisotopic (exact) mass is 335 g/mol. The van der Waals surface area contributed by atoms with Gasteiger partial charge < -0.3 is 10.1 Å². The molecule has 0 aliphatic carbocycles. The van der Waals surface area contributed by atoms with Crippen molar-refractivity contribution in [3.8, 4) is 0 Å². The maximum atomic E-state index is 5.20. The summed E-state index contributed by atoms with van der Waals surface area (Å²) in [5, 5.41) is 3.39. The molecule has 0 aliphatic rings. The number of methoxy groups -OCH3 is 1. The standard InChI is InChI=1S/C11H15Br2NO/c1-3-14-11(7-15-2)9-5-4-8(12)6-10(9)13/h4-6,11,14H,3,7H2,1-2H3. The Morgan fingerprint density at radius 1 is 1.40 bits per heavy atom. The Balaban J connectivity index is 2.89. The molecule has 1 aromatic rings. The van der Waals surface area contributed by atoms with Crippen LogP contribution in [0.2, 0.25) is 0 Å². The Kier molecular flexibility index (Phi) is 5.82. The second-order valence-electron chi connectivity index (χ2n) is 3.23. The van der Waals surface area contributed by atoms with Crippen LogP contribution in [0.25, 0.3) is 0 Å². The number of rotatable bonds is 5. The summed E-state index contributed by atoms with van der Waals surface area (Å²) in [6.07, 6.45) is 0. The number of likely N-dealkylation sites (N-methyl/N-ethyl adjacent to an activating group) is 1. The molecule has 2 nitrogen and oxygen atoms in total. The van der Waals surface area contributed by atoms with Crippen molar-refractivity contribution in [2.24, 2.45) is 0 Å². The van der Waals surface area contributed by atoms with Crippen molar-refractivity contribution in [2.45, 2.75) is 13.0 Å². The topological polar surface area (TPSA) is 21.3 Å². The quantitative estimate of drug-likeness (QED) is 0.888. The van der Waals surface area contributed by atoms with Crippen LogP contribution in [0.5, 0.6) is 0 Å². The van der Waals surface area contributed by atoms with E-state index in [4.69, 9.17) is 4.74 Å². The van der Waals surface area contributed by atoms with Crippen LogP contribution >= 0.6 is 31.9 Å². The van der Waals surface area contributed by atoms with Gasteiger partial charge in [0.2, 0.25) is 0 Å². The number of nitrogens with one attached hydrogen (secondary N) is 1. The lowest BCUT2D eigenvalue weighted by Gasteiger charge is -2.18. The molecule has 0 heterocycles. The smallest absolute Gasteiger partial charge is 0.0658 e. The highest BCUT2D eigenvalue weighted by Gasteiger charge is 2.12. The van der Waals surface area contributed by atoms with Gasteiger partial charge in [-0.2, -0.15) is 0 Å². The van der Waals surface area contributed by atoms with Crippen molar-refractivity contribution in [3.63, 3.8) is 0 Å². The summed E-state index contributed by atoms with van der Waals surface area (Å²) in [4.78, 5) is 0. The third-order valence-corrected chi connectivity index (χ3v) is 3.30. The zero-order valence-corrected chi connectivity index (χ0v) is 12.1. The van der Waals surface area contributed by atoms with E-state index >= 15 is 0 Å². The molecule has 1 rings (SSSR count). The lowest BCUT2D eigenvalue weighted by Crippen LogP contribution is -2.25. The van der Waals surface area contributed by atoms with Gasteiger partial charge in [0.15, 0.2) is 0 Å². The first-order chi connectivity index (χ1) is 7.19. The normalized spacial score (nSPS) is 12.8. The highest BCUT2D eigenvalue weighted by Crippen LogP contribution is 2.27. The first kappa shape index (κ1) is 13.2. The van der Waals surface area contributed by atoms with Crippen LogP contribution in [-0.4, -0.2) is 20.3 Å². The Morgan fingerprint density at radius 2 is 2.13 bits per heavy atom. The van der Waals surface area contributed by atoms with E-state index in [1.807, 2.05) is 6.07 Å². The zero-order chi connectivity index (χ0) is 11.3. The van der Waals surface area contributed by atoms with E-state index in [2.05, 4.69) is 56.2 Å². The second kappa shape index (κ2) is 6.63. The minimum absolute atomic E-state index is 0.238. The second-order valence-corrected chi connectivity index (χ2v) is 5.00. The van der Waals surface area contributed by atoms with Crippen molar-refractivity contribution >= 4 is 31.9 Å². The summed E-state index contributed by atoms with van der Waals surface area (Å²) in [6.45, 7) is 3.69. The summed E-state index contributed by atoms with van der Waals surface area (Å²) in [7, 11) is 1.72. The van der Waals surface area contributed by atoms with Gasteiger partial charge in [0.05, 0.1) is 12.6 Å². The number of benzene rings is 1. The van der Waals surface area contributed by atoms with Gasteiger partial charge in [-0.05, 0) is 24.2 Å². The molecular formula is C11H15Br2NO. The molecule has 4 heteroatoms. The number of hydrogen-bond donors (Lipinski definition) is 1. The van der Waals surface area contributed by atoms with E-state index < -0.39 is 0 Å². The van der Waals surface area contributed by atoms with Crippen LogP contribution in [0, 0.1) is 0 Å². The fourth-order valence-electron chi connectivity index (χ4n) is 1.46. The Hall–Kier alpha value is 0.1000. The molecule has 0 spiro atoms. The third kappa shape index (κ3) is 3.87.